The van der Waals surface area contributed by atoms with E-state index in [9.17, 15) is 23.4 Å². The second-order valence-corrected chi connectivity index (χ2v) is 8.62. The monoisotopic (exact) mass is 416 g/mol. The van der Waals surface area contributed by atoms with Gasteiger partial charge >= 0.3 is 5.97 Å². The van der Waals surface area contributed by atoms with E-state index in [2.05, 4.69) is 0 Å². The van der Waals surface area contributed by atoms with E-state index in [4.69, 9.17) is 23.5 Å². The molecular formula is C15H30NO10S+. The number of aliphatic hydroxyl groups is 1. The Kier molecular flexibility index (Phi) is 9.02. The molecule has 5 atom stereocenters. The van der Waals surface area contributed by atoms with Gasteiger partial charge in [-0.3, -0.25) is 4.55 Å². The maximum Gasteiger partial charge on any atom is 0.335 e. The van der Waals surface area contributed by atoms with Crippen LogP contribution in [-0.2, 0) is 33.9 Å². The van der Waals surface area contributed by atoms with Crippen LogP contribution in [0.2, 0.25) is 0 Å². The van der Waals surface area contributed by atoms with Crippen LogP contribution >= 0.6 is 0 Å². The number of carboxylic acids is 1. The molecule has 12 heteroatoms. The topological polar surface area (TPSA) is 149 Å². The molecule has 2 unspecified atom stereocenters. The van der Waals surface area contributed by atoms with Crippen LogP contribution in [0.15, 0.2) is 0 Å². The molecule has 0 spiro atoms. The third-order valence-corrected chi connectivity index (χ3v) is 5.25. The first-order valence-corrected chi connectivity index (χ1v) is 10.0. The van der Waals surface area contributed by atoms with Gasteiger partial charge in [0.25, 0.3) is 10.1 Å². The summed E-state index contributed by atoms with van der Waals surface area (Å²) in [6.45, 7) is 1.14. The fraction of sp³-hybridized carbons (Fsp3) is 0.933. The number of hydrogen-bond acceptors (Lipinski definition) is 8. The highest BCUT2D eigenvalue weighted by atomic mass is 32.2. The number of aliphatic hydroxyl groups excluding tert-OH is 1. The molecule has 1 heterocycles. The molecule has 0 aromatic rings. The fourth-order valence-electron chi connectivity index (χ4n) is 2.88. The highest BCUT2D eigenvalue weighted by Gasteiger charge is 2.49. The van der Waals surface area contributed by atoms with E-state index in [1.54, 1.807) is 0 Å². The molecule has 0 aromatic carbocycles. The normalized spacial score (nSPS) is 29.6. The fourth-order valence-corrected chi connectivity index (χ4v) is 3.37. The molecule has 0 saturated carbocycles. The van der Waals surface area contributed by atoms with Gasteiger partial charge < -0.3 is 33.6 Å². The number of aliphatic carboxylic acids is 1. The van der Waals surface area contributed by atoms with Crippen molar-refractivity contribution in [2.24, 2.45) is 0 Å². The molecule has 1 fully saturated rings. The Balaban J connectivity index is 2.62. The maximum absolute atomic E-state index is 11.3. The Bertz CT molecular complexity index is 581. The Morgan fingerprint density at radius 3 is 2.26 bits per heavy atom. The summed E-state index contributed by atoms with van der Waals surface area (Å²) in [5, 5.41) is 19.6. The van der Waals surface area contributed by atoms with Crippen molar-refractivity contribution in [1.29, 1.82) is 0 Å². The second kappa shape index (κ2) is 10.1. The number of ether oxygens (including phenoxy) is 4. The smallest absolute Gasteiger partial charge is 0.335 e. The molecule has 3 N–H and O–H groups in total. The summed E-state index contributed by atoms with van der Waals surface area (Å²) >= 11 is 0. The zero-order chi connectivity index (χ0) is 20.8. The lowest BCUT2D eigenvalue weighted by atomic mass is 9.98. The van der Waals surface area contributed by atoms with E-state index in [-0.39, 0.29) is 18.8 Å². The van der Waals surface area contributed by atoms with Gasteiger partial charge in [0.1, 0.15) is 24.9 Å². The lowest BCUT2D eigenvalue weighted by Crippen LogP contribution is -2.62. The average molecular weight is 416 g/mol. The molecule has 1 aliphatic rings. The first-order chi connectivity index (χ1) is 12.4. The third kappa shape index (κ3) is 7.58. The van der Waals surface area contributed by atoms with Crippen LogP contribution in [0, 0.1) is 0 Å². The van der Waals surface area contributed by atoms with E-state index in [1.165, 1.54) is 14.2 Å². The van der Waals surface area contributed by atoms with E-state index in [0.717, 1.165) is 0 Å². The van der Waals surface area contributed by atoms with Crippen LogP contribution < -0.4 is 0 Å². The first-order valence-electron chi connectivity index (χ1n) is 8.42. The van der Waals surface area contributed by atoms with Gasteiger partial charge in [-0.15, -0.1) is 0 Å². The summed E-state index contributed by atoms with van der Waals surface area (Å²) in [5.41, 5.74) is 0. The molecule has 11 nitrogen and oxygen atoms in total. The van der Waals surface area contributed by atoms with Crippen LogP contribution in [0.1, 0.15) is 6.42 Å². The second-order valence-electron chi connectivity index (χ2n) is 7.05. The van der Waals surface area contributed by atoms with Crippen molar-refractivity contribution in [3.8, 4) is 0 Å². The lowest BCUT2D eigenvalue weighted by Gasteiger charge is -2.42. The largest absolute Gasteiger partial charge is 0.479 e. The zero-order valence-corrected chi connectivity index (χ0v) is 16.8. The summed E-state index contributed by atoms with van der Waals surface area (Å²) in [5.74, 6) is -1.60. The van der Waals surface area contributed by atoms with Crippen LogP contribution in [0.4, 0.5) is 0 Å². The highest BCUT2D eigenvalue weighted by molar-refractivity contribution is 7.85. The summed E-state index contributed by atoms with van der Waals surface area (Å²) < 4.78 is 52.0. The van der Waals surface area contributed by atoms with Crippen molar-refractivity contribution >= 4 is 16.1 Å². The number of carboxylic acid groups (broad SMARTS) is 1. The van der Waals surface area contributed by atoms with Crippen molar-refractivity contribution in [3.05, 3.63) is 0 Å². The average Bonchev–Trinajstić information content (AvgIpc) is 2.53. The minimum atomic E-state index is -3.99. The molecular weight excluding hydrogens is 386 g/mol. The highest BCUT2D eigenvalue weighted by Crippen LogP contribution is 2.26. The molecule has 160 valence electrons. The SMILES string of the molecule is COC1OC(C(=O)O)[C@@H](OC)[C@H](O)[C@H]1OCC[N+](C)(C)CCCS(=O)(=O)O. The minimum Gasteiger partial charge on any atom is -0.479 e. The van der Waals surface area contributed by atoms with Gasteiger partial charge in [0.15, 0.2) is 12.4 Å². The molecule has 0 amide bonds. The molecule has 0 bridgehead atoms. The van der Waals surface area contributed by atoms with Crippen molar-refractivity contribution in [3.63, 3.8) is 0 Å². The van der Waals surface area contributed by atoms with E-state index >= 15 is 0 Å². The van der Waals surface area contributed by atoms with Gasteiger partial charge in [0, 0.05) is 20.6 Å². The molecule has 0 aromatic heterocycles. The van der Waals surface area contributed by atoms with Gasteiger partial charge in [-0.05, 0) is 0 Å². The number of hydrogen-bond donors (Lipinski definition) is 3. The zero-order valence-electron chi connectivity index (χ0n) is 16.0. The van der Waals surface area contributed by atoms with Crippen molar-refractivity contribution in [2.75, 3.05) is 53.8 Å². The van der Waals surface area contributed by atoms with Crippen LogP contribution in [-0.4, -0.2) is 118 Å². The van der Waals surface area contributed by atoms with Crippen molar-refractivity contribution < 1.29 is 51.4 Å². The number of methoxy groups -OCH3 is 2. The number of carbonyl (C=O) groups is 1. The molecule has 0 radical (unpaired) electrons. The van der Waals surface area contributed by atoms with E-state index in [0.29, 0.717) is 17.6 Å². The number of nitrogens with zero attached hydrogens (tertiary/aromatic N) is 1. The van der Waals surface area contributed by atoms with Gasteiger partial charge in [-0.2, -0.15) is 8.42 Å². The van der Waals surface area contributed by atoms with Crippen LogP contribution in [0.3, 0.4) is 0 Å². The number of quaternary nitrogens is 1. The first kappa shape index (κ1) is 24.2. The number of likely N-dealkylation sites (N-methyl/N-ethyl adjacent to an activating group) is 1. The minimum absolute atomic E-state index is 0.179. The Labute approximate surface area is 159 Å². The molecule has 27 heavy (non-hydrogen) atoms. The predicted octanol–water partition coefficient (Wildman–Crippen LogP) is -1.44. The van der Waals surface area contributed by atoms with Gasteiger partial charge in [-0.25, -0.2) is 4.79 Å². The molecule has 0 aliphatic carbocycles. The Morgan fingerprint density at radius 1 is 1.15 bits per heavy atom. The van der Waals surface area contributed by atoms with E-state index in [1.807, 2.05) is 14.1 Å². The lowest BCUT2D eigenvalue weighted by molar-refractivity contribution is -0.890. The Morgan fingerprint density at radius 2 is 1.78 bits per heavy atom. The summed E-state index contributed by atoms with van der Waals surface area (Å²) in [6.07, 6.45) is -5.52. The number of rotatable bonds is 11. The Hall–Kier alpha value is -0.860. The van der Waals surface area contributed by atoms with Gasteiger partial charge in [0.2, 0.25) is 0 Å². The predicted molar refractivity (Wildman–Crippen MR) is 92.7 cm³/mol. The molecule has 1 saturated heterocycles. The van der Waals surface area contributed by atoms with Gasteiger partial charge in [-0.1, -0.05) is 0 Å². The maximum atomic E-state index is 11.3. The quantitative estimate of drug-likeness (QED) is 0.270. The molecule has 1 aliphatic heterocycles. The standard InChI is InChI=1S/C15H29NO10S/c1-16(2,6-5-9-27(20,21)22)7-8-25-12-10(17)11(23-3)13(14(18)19)26-15(12)24-4/h10-13,15,17H,5-9H2,1-4H3,(H-,18,19,20,21,22)/p+1/t10-,11-,12+,13?,15?/m0/s1. The summed E-state index contributed by atoms with van der Waals surface area (Å²) in [7, 11) is 2.33. The van der Waals surface area contributed by atoms with Crippen LogP contribution in [0.5, 0.6) is 0 Å². The third-order valence-electron chi connectivity index (χ3n) is 4.44. The van der Waals surface area contributed by atoms with Crippen molar-refractivity contribution in [1.82, 2.24) is 0 Å². The van der Waals surface area contributed by atoms with E-state index < -0.39 is 46.8 Å². The summed E-state index contributed by atoms with van der Waals surface area (Å²) in [4.78, 5) is 11.3. The summed E-state index contributed by atoms with van der Waals surface area (Å²) in [6, 6.07) is 0. The van der Waals surface area contributed by atoms with Gasteiger partial charge in [0.05, 0.1) is 33.0 Å². The van der Waals surface area contributed by atoms with Crippen molar-refractivity contribution in [2.45, 2.75) is 37.1 Å². The molecule has 1 rings (SSSR count). The van der Waals surface area contributed by atoms with Crippen LogP contribution in [0.25, 0.3) is 0 Å².